The third-order valence-corrected chi connectivity index (χ3v) is 5.62. The van der Waals surface area contributed by atoms with Crippen LogP contribution in [0.5, 0.6) is 0 Å². The Morgan fingerprint density at radius 2 is 2.00 bits per heavy atom. The summed E-state index contributed by atoms with van der Waals surface area (Å²) in [4.78, 5) is 35.7. The topological polar surface area (TPSA) is 165 Å². The summed E-state index contributed by atoms with van der Waals surface area (Å²) in [6.07, 6.45) is -0.861. The Kier molecular flexibility index (Phi) is 10.4. The molecule has 0 aromatic heterocycles. The highest BCUT2D eigenvalue weighted by atomic mass is 31.2. The number of ether oxygens (including phenoxy) is 2. The van der Waals surface area contributed by atoms with E-state index in [-0.39, 0.29) is 25.6 Å². The average Bonchev–Trinajstić information content (AvgIpc) is 2.67. The molecule has 0 radical (unpaired) electrons. The Bertz CT molecular complexity index is 656. The summed E-state index contributed by atoms with van der Waals surface area (Å²) in [5.74, 6) is -1.71. The predicted molar refractivity (Wildman–Crippen MR) is 105 cm³/mol. The molecule has 30 heavy (non-hydrogen) atoms. The largest absolute Gasteiger partial charge is 0.478 e. The molecule has 1 fully saturated rings. The Hall–Kier alpha value is -1.56. The molecule has 174 valence electrons. The summed E-state index contributed by atoms with van der Waals surface area (Å²) in [5.41, 5.74) is 4.85. The first-order valence-electron chi connectivity index (χ1n) is 9.45. The molecule has 1 aliphatic heterocycles. The van der Waals surface area contributed by atoms with E-state index in [2.05, 4.69) is 15.4 Å². The van der Waals surface area contributed by atoms with Crippen LogP contribution in [0.3, 0.4) is 0 Å². The van der Waals surface area contributed by atoms with E-state index >= 15 is 0 Å². The van der Waals surface area contributed by atoms with Crippen LogP contribution in [0.15, 0.2) is 0 Å². The van der Waals surface area contributed by atoms with Crippen LogP contribution in [0.4, 0.5) is 0 Å². The van der Waals surface area contributed by atoms with Gasteiger partial charge in [0.2, 0.25) is 12.7 Å². The van der Waals surface area contributed by atoms with Crippen LogP contribution in [0.2, 0.25) is 0 Å². The third-order valence-electron chi connectivity index (χ3n) is 4.29. The van der Waals surface area contributed by atoms with Crippen molar-refractivity contribution in [3.8, 4) is 0 Å². The summed E-state index contributed by atoms with van der Waals surface area (Å²) in [6, 6.07) is -0.894. The van der Waals surface area contributed by atoms with Gasteiger partial charge >= 0.3 is 19.8 Å². The summed E-state index contributed by atoms with van der Waals surface area (Å²) in [5, 5.41) is 5.29. The van der Waals surface area contributed by atoms with Gasteiger partial charge in [0, 0.05) is 18.0 Å². The van der Waals surface area contributed by atoms with Crippen molar-refractivity contribution in [3.05, 3.63) is 0 Å². The van der Waals surface area contributed by atoms with Gasteiger partial charge < -0.3 is 25.8 Å². The second-order valence-electron chi connectivity index (χ2n) is 7.58. The van der Waals surface area contributed by atoms with E-state index in [9.17, 15) is 18.9 Å². The molecule has 0 aromatic carbocycles. The van der Waals surface area contributed by atoms with Gasteiger partial charge in [0.25, 0.3) is 0 Å². The lowest BCUT2D eigenvalue weighted by Crippen LogP contribution is -2.50. The SMILES string of the molecule is CNC(CC(C)N)C(=O)OCOP1(=O)OCC(C)(C)[C@H](C(=O)NCCC(=O)OC)O1. The highest BCUT2D eigenvalue weighted by Gasteiger charge is 2.49. The van der Waals surface area contributed by atoms with Crippen molar-refractivity contribution in [2.75, 3.05) is 34.1 Å². The Morgan fingerprint density at radius 3 is 2.57 bits per heavy atom. The molecule has 0 spiro atoms. The van der Waals surface area contributed by atoms with Crippen molar-refractivity contribution in [2.24, 2.45) is 11.1 Å². The molecule has 0 saturated carbocycles. The Morgan fingerprint density at radius 1 is 1.33 bits per heavy atom. The van der Waals surface area contributed by atoms with Crippen LogP contribution in [-0.4, -0.2) is 70.1 Å². The quantitative estimate of drug-likeness (QED) is 0.220. The molecule has 12 nitrogen and oxygen atoms in total. The fourth-order valence-corrected chi connectivity index (χ4v) is 4.04. The lowest BCUT2D eigenvalue weighted by molar-refractivity contribution is -0.158. The summed E-state index contributed by atoms with van der Waals surface area (Å²) in [6.45, 7) is 4.35. The third kappa shape index (κ3) is 8.29. The van der Waals surface area contributed by atoms with E-state index in [4.69, 9.17) is 24.0 Å². The molecule has 0 bridgehead atoms. The minimum Gasteiger partial charge on any atom is -0.469 e. The maximum atomic E-state index is 12.7. The van der Waals surface area contributed by atoms with Gasteiger partial charge in [-0.2, -0.15) is 0 Å². The molecule has 1 heterocycles. The smallest absolute Gasteiger partial charge is 0.469 e. The number of carbonyl (C=O) groups is 3. The second kappa shape index (κ2) is 11.7. The van der Waals surface area contributed by atoms with Crippen LogP contribution in [0, 0.1) is 5.41 Å². The summed E-state index contributed by atoms with van der Waals surface area (Å²) in [7, 11) is -1.34. The molecular weight excluding hydrogens is 421 g/mol. The van der Waals surface area contributed by atoms with Crippen molar-refractivity contribution in [1.29, 1.82) is 0 Å². The van der Waals surface area contributed by atoms with Crippen molar-refractivity contribution in [3.63, 3.8) is 0 Å². The molecule has 4 N–H and O–H groups in total. The van der Waals surface area contributed by atoms with Crippen molar-refractivity contribution >= 4 is 25.7 Å². The Labute approximate surface area is 176 Å². The zero-order valence-electron chi connectivity index (χ0n) is 18.0. The van der Waals surface area contributed by atoms with E-state index in [1.54, 1.807) is 27.8 Å². The van der Waals surface area contributed by atoms with Gasteiger partial charge in [0.15, 0.2) is 6.10 Å². The zero-order chi connectivity index (χ0) is 22.9. The number of nitrogens with one attached hydrogen (secondary N) is 2. The summed E-state index contributed by atoms with van der Waals surface area (Å²) < 4.78 is 37.7. The second-order valence-corrected chi connectivity index (χ2v) is 9.20. The predicted octanol–water partition coefficient (Wildman–Crippen LogP) is 0.0580. The van der Waals surface area contributed by atoms with Crippen molar-refractivity contribution in [2.45, 2.75) is 51.8 Å². The van der Waals surface area contributed by atoms with Crippen LogP contribution in [0.1, 0.15) is 33.6 Å². The first-order valence-corrected chi connectivity index (χ1v) is 10.9. The van der Waals surface area contributed by atoms with E-state index < -0.39 is 50.0 Å². The number of rotatable bonds is 11. The number of phosphoric acid groups is 1. The fraction of sp³-hybridized carbons (Fsp3) is 0.824. The zero-order valence-corrected chi connectivity index (χ0v) is 18.9. The number of amides is 1. The van der Waals surface area contributed by atoms with Gasteiger partial charge in [-0.25, -0.2) is 9.09 Å². The van der Waals surface area contributed by atoms with Gasteiger partial charge in [0.1, 0.15) is 6.04 Å². The minimum atomic E-state index is -4.16. The van der Waals surface area contributed by atoms with Gasteiger partial charge in [-0.1, -0.05) is 13.8 Å². The van der Waals surface area contributed by atoms with Crippen LogP contribution >= 0.6 is 7.82 Å². The normalized spacial score (nSPS) is 25.1. The molecule has 0 aliphatic carbocycles. The van der Waals surface area contributed by atoms with Gasteiger partial charge in [-0.15, -0.1) is 0 Å². The molecule has 1 aliphatic rings. The van der Waals surface area contributed by atoms with Crippen LogP contribution in [-0.2, 0) is 42.0 Å². The van der Waals surface area contributed by atoms with Gasteiger partial charge in [-0.05, 0) is 20.4 Å². The van der Waals surface area contributed by atoms with E-state index in [0.717, 1.165) is 0 Å². The number of likely N-dealkylation sites (N-methyl/N-ethyl adjacent to an activating group) is 1. The fourth-order valence-electron chi connectivity index (χ4n) is 2.53. The molecule has 1 saturated heterocycles. The molecule has 13 heteroatoms. The maximum Gasteiger partial charge on any atom is 0.478 e. The summed E-state index contributed by atoms with van der Waals surface area (Å²) >= 11 is 0. The van der Waals surface area contributed by atoms with E-state index in [1.807, 2.05) is 0 Å². The first kappa shape index (κ1) is 26.5. The molecule has 4 atom stereocenters. The van der Waals surface area contributed by atoms with Gasteiger partial charge in [0.05, 0.1) is 20.1 Å². The molecule has 1 rings (SSSR count). The number of methoxy groups -OCH3 is 1. The number of hydrogen-bond donors (Lipinski definition) is 3. The van der Waals surface area contributed by atoms with E-state index in [0.29, 0.717) is 6.42 Å². The minimum absolute atomic E-state index is 0.0238. The number of nitrogens with two attached hydrogens (primary N) is 1. The lowest BCUT2D eigenvalue weighted by atomic mass is 9.87. The maximum absolute atomic E-state index is 12.7. The van der Waals surface area contributed by atoms with Gasteiger partial charge in [-0.3, -0.25) is 23.4 Å². The van der Waals surface area contributed by atoms with E-state index in [1.165, 1.54) is 7.11 Å². The van der Waals surface area contributed by atoms with Crippen LogP contribution in [0.25, 0.3) is 0 Å². The average molecular weight is 453 g/mol. The number of esters is 2. The molecule has 0 aromatic rings. The highest BCUT2D eigenvalue weighted by Crippen LogP contribution is 2.57. The number of carbonyl (C=O) groups excluding carboxylic acids is 3. The van der Waals surface area contributed by atoms with Crippen molar-refractivity contribution < 1.29 is 42.0 Å². The molecule has 1 amide bonds. The lowest BCUT2D eigenvalue weighted by Gasteiger charge is -2.39. The molecular formula is C17H32N3O9P. The van der Waals surface area contributed by atoms with Crippen LogP contribution < -0.4 is 16.4 Å². The monoisotopic (exact) mass is 453 g/mol. The first-order chi connectivity index (χ1) is 13.9. The standard InChI is InChI=1S/C17H32N3O9P/c1-11(18)8-12(19-4)16(23)26-10-28-30(24)27-9-17(2,3)14(29-30)15(22)20-7-6-13(21)25-5/h11-12,14,19H,6-10,18H2,1-5H3,(H,20,22)/t11?,12?,14-,30?/m0/s1. The Balaban J connectivity index is 2.62. The van der Waals surface area contributed by atoms with Crippen molar-refractivity contribution in [1.82, 2.24) is 10.6 Å². The molecule has 3 unspecified atom stereocenters. The number of phosphoric ester groups is 1. The highest BCUT2D eigenvalue weighted by molar-refractivity contribution is 7.48. The number of hydrogen-bond acceptors (Lipinski definition) is 11.